The van der Waals surface area contributed by atoms with Crippen LogP contribution in [0.3, 0.4) is 0 Å². The molecular formula is C28H25N3O3. The second-order valence-corrected chi connectivity index (χ2v) is 8.12. The Hall–Kier alpha value is -4.32. The first-order chi connectivity index (χ1) is 16.7. The molecule has 0 fully saturated rings. The minimum absolute atomic E-state index is 0.408. The highest BCUT2D eigenvalue weighted by Crippen LogP contribution is 2.25. The van der Waals surface area contributed by atoms with Crippen molar-refractivity contribution < 1.29 is 14.6 Å². The zero-order valence-electron chi connectivity index (χ0n) is 18.6. The highest BCUT2D eigenvalue weighted by molar-refractivity contribution is 5.80. The van der Waals surface area contributed by atoms with E-state index in [9.17, 15) is 9.90 Å². The zero-order chi connectivity index (χ0) is 23.3. The molecule has 6 heteroatoms. The molecule has 0 aliphatic heterocycles. The van der Waals surface area contributed by atoms with Gasteiger partial charge in [-0.2, -0.15) is 0 Å². The average Bonchev–Trinajstić information content (AvgIpc) is 3.52. The van der Waals surface area contributed by atoms with E-state index in [2.05, 4.69) is 22.8 Å². The Morgan fingerprint density at radius 3 is 2.32 bits per heavy atom. The molecule has 0 unspecified atom stereocenters. The summed E-state index contributed by atoms with van der Waals surface area (Å²) in [6, 6.07) is 29.0. The summed E-state index contributed by atoms with van der Waals surface area (Å²) in [5, 5.41) is 9.59. The van der Waals surface area contributed by atoms with Crippen molar-refractivity contribution >= 4 is 17.0 Å². The molecule has 1 atom stereocenters. The van der Waals surface area contributed by atoms with Crippen LogP contribution in [0, 0.1) is 0 Å². The van der Waals surface area contributed by atoms with Crippen molar-refractivity contribution in [1.29, 1.82) is 0 Å². The van der Waals surface area contributed by atoms with Crippen molar-refractivity contribution in [2.75, 3.05) is 6.61 Å². The van der Waals surface area contributed by atoms with Crippen LogP contribution >= 0.6 is 0 Å². The molecule has 0 aliphatic carbocycles. The molecule has 0 radical (unpaired) electrons. The maximum Gasteiger partial charge on any atom is 0.327 e. The van der Waals surface area contributed by atoms with Crippen molar-refractivity contribution in [2.45, 2.75) is 19.0 Å². The molecule has 0 amide bonds. The summed E-state index contributed by atoms with van der Waals surface area (Å²) in [4.78, 5) is 16.5. The molecule has 2 heterocycles. The Balaban J connectivity index is 1.27. The molecule has 0 aliphatic rings. The minimum atomic E-state index is -0.849. The van der Waals surface area contributed by atoms with Crippen LogP contribution in [0.2, 0.25) is 0 Å². The van der Waals surface area contributed by atoms with Crippen LogP contribution < -0.4 is 4.74 Å². The van der Waals surface area contributed by atoms with Gasteiger partial charge in [-0.3, -0.25) is 0 Å². The number of carboxylic acids is 1. The van der Waals surface area contributed by atoms with Crippen molar-refractivity contribution in [2.24, 2.45) is 0 Å². The molecule has 3 aromatic carbocycles. The summed E-state index contributed by atoms with van der Waals surface area (Å²) >= 11 is 0. The van der Waals surface area contributed by atoms with Gasteiger partial charge in [0.25, 0.3) is 0 Å². The Bertz CT molecular complexity index is 1370. The van der Waals surface area contributed by atoms with Gasteiger partial charge in [0.05, 0.1) is 17.6 Å². The maximum absolute atomic E-state index is 11.7. The first-order valence-corrected chi connectivity index (χ1v) is 11.3. The van der Waals surface area contributed by atoms with Crippen LogP contribution in [0.1, 0.15) is 11.6 Å². The number of benzene rings is 3. The monoisotopic (exact) mass is 451 g/mol. The molecule has 0 spiro atoms. The predicted octanol–water partition coefficient (Wildman–Crippen LogP) is 5.45. The number of aliphatic carboxylic acids is 1. The summed E-state index contributed by atoms with van der Waals surface area (Å²) < 4.78 is 9.93. The van der Waals surface area contributed by atoms with Gasteiger partial charge < -0.3 is 19.0 Å². The fraction of sp³-hybridized carbons (Fsp3) is 0.143. The second kappa shape index (κ2) is 9.67. The third-order valence-electron chi connectivity index (χ3n) is 5.90. The lowest BCUT2D eigenvalue weighted by atomic mass is 10.1. The SMILES string of the molecule is O=C(O)[C@H](Cc1ccc(OCCn2c(-c3ccccc3)nc3ccccc32)cc1)n1cccc1. The third-order valence-corrected chi connectivity index (χ3v) is 5.90. The van der Waals surface area contributed by atoms with E-state index in [1.54, 1.807) is 17.0 Å². The van der Waals surface area contributed by atoms with E-state index in [0.29, 0.717) is 19.6 Å². The average molecular weight is 452 g/mol. The molecule has 5 rings (SSSR count). The second-order valence-electron chi connectivity index (χ2n) is 8.12. The van der Waals surface area contributed by atoms with Gasteiger partial charge in [-0.1, -0.05) is 54.6 Å². The van der Waals surface area contributed by atoms with E-state index in [0.717, 1.165) is 33.7 Å². The van der Waals surface area contributed by atoms with Crippen LogP contribution in [0.25, 0.3) is 22.4 Å². The van der Waals surface area contributed by atoms with Gasteiger partial charge in [0.1, 0.15) is 24.2 Å². The van der Waals surface area contributed by atoms with Crippen LogP contribution in [0.15, 0.2) is 103 Å². The molecule has 34 heavy (non-hydrogen) atoms. The highest BCUT2D eigenvalue weighted by atomic mass is 16.5. The molecule has 0 saturated carbocycles. The van der Waals surface area contributed by atoms with Crippen molar-refractivity contribution in [3.8, 4) is 17.1 Å². The largest absolute Gasteiger partial charge is 0.492 e. The van der Waals surface area contributed by atoms with Crippen LogP contribution in [0.5, 0.6) is 5.75 Å². The van der Waals surface area contributed by atoms with E-state index in [4.69, 9.17) is 9.72 Å². The van der Waals surface area contributed by atoms with Gasteiger partial charge in [-0.05, 0) is 42.0 Å². The van der Waals surface area contributed by atoms with Gasteiger partial charge in [0, 0.05) is 24.4 Å². The van der Waals surface area contributed by atoms with Crippen LogP contribution in [-0.2, 0) is 17.8 Å². The molecule has 170 valence electrons. The molecule has 6 nitrogen and oxygen atoms in total. The van der Waals surface area contributed by atoms with Crippen molar-refractivity contribution in [3.63, 3.8) is 0 Å². The lowest BCUT2D eigenvalue weighted by Gasteiger charge is -2.15. The summed E-state index contributed by atoms with van der Waals surface area (Å²) in [7, 11) is 0. The first-order valence-electron chi connectivity index (χ1n) is 11.3. The number of ether oxygens (including phenoxy) is 1. The lowest BCUT2D eigenvalue weighted by Crippen LogP contribution is -2.20. The zero-order valence-corrected chi connectivity index (χ0v) is 18.6. The number of hydrogen-bond acceptors (Lipinski definition) is 3. The third kappa shape index (κ3) is 4.57. The maximum atomic E-state index is 11.7. The summed E-state index contributed by atoms with van der Waals surface area (Å²) in [5.41, 5.74) is 4.05. The van der Waals surface area contributed by atoms with E-state index in [1.807, 2.05) is 72.8 Å². The number of carbonyl (C=O) groups is 1. The number of para-hydroxylation sites is 2. The normalized spacial score (nSPS) is 12.0. The molecular weight excluding hydrogens is 426 g/mol. The number of rotatable bonds is 9. The van der Waals surface area contributed by atoms with Crippen LogP contribution in [0.4, 0.5) is 0 Å². The quantitative estimate of drug-likeness (QED) is 0.323. The number of fused-ring (bicyclic) bond motifs is 1. The highest BCUT2D eigenvalue weighted by Gasteiger charge is 2.19. The Morgan fingerprint density at radius 2 is 1.59 bits per heavy atom. The van der Waals surface area contributed by atoms with Crippen molar-refractivity contribution in [3.05, 3.63) is 109 Å². The van der Waals surface area contributed by atoms with Crippen molar-refractivity contribution in [1.82, 2.24) is 14.1 Å². The molecule has 2 aromatic heterocycles. The smallest absolute Gasteiger partial charge is 0.327 e. The standard InChI is InChI=1S/C28H25N3O3/c32-28(33)26(30-16-6-7-17-30)20-21-12-14-23(15-13-21)34-19-18-31-25-11-5-4-10-24(25)29-27(31)22-8-2-1-3-9-22/h1-17,26H,18-20H2,(H,32,33)/t26-/m0/s1. The van der Waals surface area contributed by atoms with Gasteiger partial charge in [0.15, 0.2) is 0 Å². The van der Waals surface area contributed by atoms with Crippen LogP contribution in [-0.4, -0.2) is 31.8 Å². The van der Waals surface area contributed by atoms with E-state index in [-0.39, 0.29) is 0 Å². The Labute approximate surface area is 197 Å². The number of imidazole rings is 1. The van der Waals surface area contributed by atoms with E-state index < -0.39 is 12.0 Å². The number of carboxylic acid groups (broad SMARTS) is 1. The fourth-order valence-electron chi connectivity index (χ4n) is 4.19. The summed E-state index contributed by atoms with van der Waals surface area (Å²) in [6.07, 6.45) is 3.96. The van der Waals surface area contributed by atoms with Gasteiger partial charge in [-0.25, -0.2) is 9.78 Å². The first kappa shape index (κ1) is 21.5. The van der Waals surface area contributed by atoms with E-state index >= 15 is 0 Å². The number of aromatic nitrogens is 3. The number of nitrogens with zero attached hydrogens (tertiary/aromatic N) is 3. The number of hydrogen-bond donors (Lipinski definition) is 1. The Kier molecular flexibility index (Phi) is 6.12. The van der Waals surface area contributed by atoms with E-state index in [1.165, 1.54) is 0 Å². The predicted molar refractivity (Wildman–Crippen MR) is 132 cm³/mol. The minimum Gasteiger partial charge on any atom is -0.492 e. The summed E-state index contributed by atoms with van der Waals surface area (Å²) in [6.45, 7) is 1.14. The van der Waals surface area contributed by atoms with Gasteiger partial charge in [0.2, 0.25) is 0 Å². The summed E-state index contributed by atoms with van der Waals surface area (Å²) in [5.74, 6) is 0.825. The fourth-order valence-corrected chi connectivity index (χ4v) is 4.19. The Morgan fingerprint density at radius 1 is 0.882 bits per heavy atom. The molecule has 5 aromatic rings. The molecule has 0 bridgehead atoms. The molecule has 0 saturated heterocycles. The van der Waals surface area contributed by atoms with Gasteiger partial charge >= 0.3 is 5.97 Å². The van der Waals surface area contributed by atoms with Gasteiger partial charge in [-0.15, -0.1) is 0 Å². The topological polar surface area (TPSA) is 69.3 Å². The lowest BCUT2D eigenvalue weighted by molar-refractivity contribution is -0.140. The molecule has 1 N–H and O–H groups in total.